The van der Waals surface area contributed by atoms with Crippen LogP contribution in [-0.2, 0) is 4.79 Å². The molecule has 0 aromatic carbocycles. The molecule has 0 unspecified atom stereocenters. The van der Waals surface area contributed by atoms with Crippen LogP contribution in [0.1, 0.15) is 117 Å². The molecule has 0 aliphatic rings. The van der Waals surface area contributed by atoms with Gasteiger partial charge in [-0.2, -0.15) is 0 Å². The summed E-state index contributed by atoms with van der Waals surface area (Å²) in [6.07, 6.45) is 24.3. The standard InChI is InChI=1S/C22H42O2/c1-21(2)19-17-15-13-11-9-7-5-3-4-6-8-10-12-14-16-18-20-22(23)24/h7,9,21H,3-6,8,10-20H2,1-2H3,(H,23,24)/b9-7-. The molecule has 0 amide bonds. The average molecular weight is 339 g/mol. The molecule has 0 aromatic rings. The van der Waals surface area contributed by atoms with Crippen molar-refractivity contribution in [1.29, 1.82) is 0 Å². The van der Waals surface area contributed by atoms with Crippen molar-refractivity contribution >= 4 is 5.97 Å². The molecule has 0 bridgehead atoms. The second-order valence-electron chi connectivity index (χ2n) is 7.62. The molecule has 0 radical (unpaired) electrons. The van der Waals surface area contributed by atoms with E-state index < -0.39 is 5.97 Å². The third-order valence-corrected chi connectivity index (χ3v) is 4.58. The van der Waals surface area contributed by atoms with Crippen molar-refractivity contribution in [1.82, 2.24) is 0 Å². The van der Waals surface area contributed by atoms with E-state index in [0.29, 0.717) is 6.42 Å². The number of rotatable bonds is 18. The minimum absolute atomic E-state index is 0.339. The topological polar surface area (TPSA) is 37.3 Å². The van der Waals surface area contributed by atoms with Gasteiger partial charge in [0.05, 0.1) is 0 Å². The second-order valence-corrected chi connectivity index (χ2v) is 7.62. The number of carbonyl (C=O) groups is 1. The fraction of sp³-hybridized carbons (Fsp3) is 0.864. The molecule has 0 aromatic heterocycles. The molecule has 0 saturated carbocycles. The number of hydrogen-bond acceptors (Lipinski definition) is 1. The Morgan fingerprint density at radius 2 is 1.12 bits per heavy atom. The van der Waals surface area contributed by atoms with Crippen LogP contribution in [-0.4, -0.2) is 11.1 Å². The Balaban J connectivity index is 3.09. The predicted molar refractivity (Wildman–Crippen MR) is 105 cm³/mol. The Kier molecular flexibility index (Phi) is 17.9. The van der Waals surface area contributed by atoms with Gasteiger partial charge in [-0.15, -0.1) is 0 Å². The first kappa shape index (κ1) is 23.2. The van der Waals surface area contributed by atoms with E-state index in [1.165, 1.54) is 83.5 Å². The quantitative estimate of drug-likeness (QED) is 0.207. The third-order valence-electron chi connectivity index (χ3n) is 4.58. The highest BCUT2D eigenvalue weighted by Crippen LogP contribution is 2.12. The van der Waals surface area contributed by atoms with Crippen molar-refractivity contribution in [3.63, 3.8) is 0 Å². The number of unbranched alkanes of at least 4 members (excludes halogenated alkanes) is 12. The van der Waals surface area contributed by atoms with Crippen LogP contribution in [0.3, 0.4) is 0 Å². The summed E-state index contributed by atoms with van der Waals surface area (Å²) in [6, 6.07) is 0. The number of allylic oxidation sites excluding steroid dienone is 2. The maximum Gasteiger partial charge on any atom is 0.303 e. The first-order chi connectivity index (χ1) is 11.6. The Hall–Kier alpha value is -0.790. The molecular formula is C22H42O2. The van der Waals surface area contributed by atoms with Crippen molar-refractivity contribution in [2.45, 2.75) is 117 Å². The van der Waals surface area contributed by atoms with Gasteiger partial charge in [-0.1, -0.05) is 90.2 Å². The average Bonchev–Trinajstić information content (AvgIpc) is 2.53. The third kappa shape index (κ3) is 21.2. The van der Waals surface area contributed by atoms with E-state index in [0.717, 1.165) is 18.8 Å². The predicted octanol–water partition coefficient (Wildman–Crippen LogP) is 7.52. The summed E-state index contributed by atoms with van der Waals surface area (Å²) in [7, 11) is 0. The van der Waals surface area contributed by atoms with Gasteiger partial charge >= 0.3 is 5.97 Å². The second kappa shape index (κ2) is 18.5. The van der Waals surface area contributed by atoms with Crippen molar-refractivity contribution < 1.29 is 9.90 Å². The van der Waals surface area contributed by atoms with E-state index >= 15 is 0 Å². The van der Waals surface area contributed by atoms with Gasteiger partial charge < -0.3 is 5.11 Å². The van der Waals surface area contributed by atoms with Gasteiger partial charge in [0.1, 0.15) is 0 Å². The SMILES string of the molecule is CC(C)CCCCC/C=C\CCCCCCCCCCCC(=O)O. The molecule has 0 heterocycles. The lowest BCUT2D eigenvalue weighted by Crippen LogP contribution is -1.93. The smallest absolute Gasteiger partial charge is 0.303 e. The van der Waals surface area contributed by atoms with E-state index in [9.17, 15) is 4.79 Å². The molecule has 2 heteroatoms. The first-order valence-corrected chi connectivity index (χ1v) is 10.5. The number of aliphatic carboxylic acids is 1. The fourth-order valence-corrected chi connectivity index (χ4v) is 3.00. The molecule has 2 nitrogen and oxygen atoms in total. The lowest BCUT2D eigenvalue weighted by Gasteiger charge is -2.02. The molecule has 0 saturated heterocycles. The van der Waals surface area contributed by atoms with E-state index in [2.05, 4.69) is 26.0 Å². The fourth-order valence-electron chi connectivity index (χ4n) is 3.00. The zero-order chi connectivity index (χ0) is 17.9. The van der Waals surface area contributed by atoms with Crippen LogP contribution in [0.15, 0.2) is 12.2 Å². The van der Waals surface area contributed by atoms with E-state index in [1.807, 2.05) is 0 Å². The van der Waals surface area contributed by atoms with Crippen molar-refractivity contribution in [3.05, 3.63) is 12.2 Å². The molecule has 0 fully saturated rings. The Labute approximate surface area is 151 Å². The van der Waals surface area contributed by atoms with Gasteiger partial charge in [-0.3, -0.25) is 4.79 Å². The molecule has 0 aliphatic heterocycles. The van der Waals surface area contributed by atoms with Crippen LogP contribution in [0, 0.1) is 5.92 Å². The molecule has 24 heavy (non-hydrogen) atoms. The zero-order valence-electron chi connectivity index (χ0n) is 16.4. The van der Waals surface area contributed by atoms with Gasteiger partial charge in [0.15, 0.2) is 0 Å². The zero-order valence-corrected chi connectivity index (χ0v) is 16.4. The van der Waals surface area contributed by atoms with Crippen LogP contribution in [0.5, 0.6) is 0 Å². The summed E-state index contributed by atoms with van der Waals surface area (Å²) < 4.78 is 0. The largest absolute Gasteiger partial charge is 0.481 e. The Bertz CT molecular complexity index is 294. The number of carboxylic acids is 1. The molecule has 0 aliphatic carbocycles. The maximum atomic E-state index is 10.4. The first-order valence-electron chi connectivity index (χ1n) is 10.5. The van der Waals surface area contributed by atoms with Crippen molar-refractivity contribution in [2.24, 2.45) is 5.92 Å². The van der Waals surface area contributed by atoms with Crippen molar-refractivity contribution in [2.75, 3.05) is 0 Å². The van der Waals surface area contributed by atoms with Crippen molar-refractivity contribution in [3.8, 4) is 0 Å². The van der Waals surface area contributed by atoms with Gasteiger partial charge in [0.2, 0.25) is 0 Å². The molecule has 1 N–H and O–H groups in total. The lowest BCUT2D eigenvalue weighted by molar-refractivity contribution is -0.137. The number of carboxylic acid groups (broad SMARTS) is 1. The molecule has 0 rings (SSSR count). The van der Waals surface area contributed by atoms with Gasteiger partial charge in [-0.25, -0.2) is 0 Å². The Morgan fingerprint density at radius 3 is 1.58 bits per heavy atom. The summed E-state index contributed by atoms with van der Waals surface area (Å²) in [5.74, 6) is 0.202. The molecule has 0 atom stereocenters. The van der Waals surface area contributed by atoms with Gasteiger partial charge in [0, 0.05) is 6.42 Å². The molecular weight excluding hydrogens is 296 g/mol. The van der Waals surface area contributed by atoms with Crippen LogP contribution in [0.4, 0.5) is 0 Å². The summed E-state index contributed by atoms with van der Waals surface area (Å²) in [5, 5.41) is 8.55. The highest BCUT2D eigenvalue weighted by molar-refractivity contribution is 5.66. The minimum Gasteiger partial charge on any atom is -0.481 e. The normalized spacial score (nSPS) is 11.6. The highest BCUT2D eigenvalue weighted by atomic mass is 16.4. The van der Waals surface area contributed by atoms with Crippen LogP contribution < -0.4 is 0 Å². The summed E-state index contributed by atoms with van der Waals surface area (Å²) in [6.45, 7) is 4.62. The summed E-state index contributed by atoms with van der Waals surface area (Å²) >= 11 is 0. The molecule has 0 spiro atoms. The van der Waals surface area contributed by atoms with Crippen LogP contribution in [0.2, 0.25) is 0 Å². The summed E-state index contributed by atoms with van der Waals surface area (Å²) in [5.41, 5.74) is 0. The van der Waals surface area contributed by atoms with Gasteiger partial charge in [-0.05, 0) is 38.0 Å². The van der Waals surface area contributed by atoms with E-state index in [-0.39, 0.29) is 0 Å². The minimum atomic E-state index is -0.657. The Morgan fingerprint density at radius 1 is 0.708 bits per heavy atom. The van der Waals surface area contributed by atoms with Crippen LogP contribution >= 0.6 is 0 Å². The highest BCUT2D eigenvalue weighted by Gasteiger charge is 1.96. The van der Waals surface area contributed by atoms with Gasteiger partial charge in [0.25, 0.3) is 0 Å². The number of hydrogen-bond donors (Lipinski definition) is 1. The molecule has 142 valence electrons. The summed E-state index contributed by atoms with van der Waals surface area (Å²) in [4.78, 5) is 10.4. The monoisotopic (exact) mass is 338 g/mol. The van der Waals surface area contributed by atoms with E-state index in [1.54, 1.807) is 0 Å². The maximum absolute atomic E-state index is 10.4. The van der Waals surface area contributed by atoms with Crippen LogP contribution in [0.25, 0.3) is 0 Å². The van der Waals surface area contributed by atoms with E-state index in [4.69, 9.17) is 5.11 Å². The lowest BCUT2D eigenvalue weighted by atomic mass is 10.0.